The molecule has 94 valence electrons. The average molecular weight is 301 g/mol. The second-order valence-electron chi connectivity index (χ2n) is 5.02. The van der Waals surface area contributed by atoms with E-state index in [0.29, 0.717) is 25.4 Å². The number of carbonyl (C=O) groups excluding carboxylic acids is 2. The van der Waals surface area contributed by atoms with Crippen molar-refractivity contribution in [2.75, 3.05) is 13.1 Å². The zero-order chi connectivity index (χ0) is 12.6. The van der Waals surface area contributed by atoms with Crippen LogP contribution in [0.25, 0.3) is 0 Å². The van der Waals surface area contributed by atoms with Gasteiger partial charge in [0.1, 0.15) is 5.54 Å². The second-order valence-corrected chi connectivity index (χ2v) is 6.14. The molecule has 2 amide bonds. The van der Waals surface area contributed by atoms with Crippen LogP contribution in [0.1, 0.15) is 26.2 Å². The topological polar surface area (TPSA) is 49.4 Å². The van der Waals surface area contributed by atoms with Gasteiger partial charge in [-0.3, -0.25) is 9.59 Å². The molecule has 1 unspecified atom stereocenters. The van der Waals surface area contributed by atoms with E-state index in [0.717, 1.165) is 17.3 Å². The Hall–Kier alpha value is -0.840. The number of carbonyl (C=O) groups is 2. The van der Waals surface area contributed by atoms with Gasteiger partial charge in [-0.2, -0.15) is 0 Å². The lowest BCUT2D eigenvalue weighted by molar-refractivity contribution is -0.138. The Balaban J connectivity index is 2.22. The predicted molar refractivity (Wildman–Crippen MR) is 68.5 cm³/mol. The fourth-order valence-corrected chi connectivity index (χ4v) is 2.67. The molecular formula is C12H17BrN2O2. The van der Waals surface area contributed by atoms with Gasteiger partial charge in [-0.15, -0.1) is 0 Å². The summed E-state index contributed by atoms with van der Waals surface area (Å²) >= 11 is 3.27. The van der Waals surface area contributed by atoms with Crippen molar-refractivity contribution in [3.8, 4) is 0 Å². The lowest BCUT2D eigenvalue weighted by atomic mass is 9.94. The van der Waals surface area contributed by atoms with Crippen LogP contribution in [0.5, 0.6) is 0 Å². The van der Waals surface area contributed by atoms with Crippen molar-refractivity contribution in [1.29, 1.82) is 0 Å². The molecule has 0 radical (unpaired) electrons. The number of amides is 2. The van der Waals surface area contributed by atoms with Crippen molar-refractivity contribution in [2.45, 2.75) is 31.7 Å². The zero-order valence-electron chi connectivity index (χ0n) is 9.96. The molecule has 1 aliphatic carbocycles. The van der Waals surface area contributed by atoms with E-state index in [4.69, 9.17) is 0 Å². The quantitative estimate of drug-likeness (QED) is 0.857. The summed E-state index contributed by atoms with van der Waals surface area (Å²) in [6, 6.07) is 0. The average Bonchev–Trinajstić information content (AvgIpc) is 3.05. The number of nitrogens with one attached hydrogen (secondary N) is 1. The summed E-state index contributed by atoms with van der Waals surface area (Å²) in [5.74, 6) is 0.282. The van der Waals surface area contributed by atoms with Crippen LogP contribution in [0.2, 0.25) is 0 Å². The van der Waals surface area contributed by atoms with Gasteiger partial charge in [-0.1, -0.05) is 22.5 Å². The first-order chi connectivity index (χ1) is 7.93. The molecular weight excluding hydrogens is 284 g/mol. The molecule has 17 heavy (non-hydrogen) atoms. The first-order valence-electron chi connectivity index (χ1n) is 5.87. The molecule has 2 fully saturated rings. The molecule has 0 spiro atoms. The lowest BCUT2D eigenvalue weighted by Gasteiger charge is -2.32. The molecule has 0 aromatic rings. The maximum atomic E-state index is 12.5. The monoisotopic (exact) mass is 300 g/mol. The van der Waals surface area contributed by atoms with Crippen LogP contribution in [0.4, 0.5) is 0 Å². The number of rotatable bonds is 3. The maximum absolute atomic E-state index is 12.5. The van der Waals surface area contributed by atoms with Gasteiger partial charge < -0.3 is 10.2 Å². The molecule has 1 atom stereocenters. The Kier molecular flexibility index (Phi) is 3.30. The summed E-state index contributed by atoms with van der Waals surface area (Å²) in [7, 11) is 0. The maximum Gasteiger partial charge on any atom is 0.248 e. The largest absolute Gasteiger partial charge is 0.342 e. The third-order valence-electron chi connectivity index (χ3n) is 3.50. The van der Waals surface area contributed by atoms with Gasteiger partial charge in [0.15, 0.2) is 0 Å². The van der Waals surface area contributed by atoms with Crippen molar-refractivity contribution in [1.82, 2.24) is 10.2 Å². The van der Waals surface area contributed by atoms with E-state index in [2.05, 4.69) is 27.8 Å². The Bertz CT molecular complexity index is 379. The van der Waals surface area contributed by atoms with Crippen LogP contribution >= 0.6 is 15.9 Å². The molecule has 1 heterocycles. The number of halogens is 1. The van der Waals surface area contributed by atoms with Gasteiger partial charge in [-0.05, 0) is 25.7 Å². The highest BCUT2D eigenvalue weighted by Crippen LogP contribution is 2.41. The summed E-state index contributed by atoms with van der Waals surface area (Å²) in [6.07, 6.45) is 2.41. The number of hydrogen-bond acceptors (Lipinski definition) is 2. The minimum Gasteiger partial charge on any atom is -0.342 e. The molecule has 0 aromatic heterocycles. The van der Waals surface area contributed by atoms with Gasteiger partial charge >= 0.3 is 0 Å². The predicted octanol–water partition coefficient (Wildman–Crippen LogP) is 1.41. The van der Waals surface area contributed by atoms with E-state index in [1.54, 1.807) is 4.90 Å². The van der Waals surface area contributed by atoms with Gasteiger partial charge in [0.2, 0.25) is 11.8 Å². The third-order valence-corrected chi connectivity index (χ3v) is 3.75. The van der Waals surface area contributed by atoms with Gasteiger partial charge in [-0.25, -0.2) is 0 Å². The first-order valence-corrected chi connectivity index (χ1v) is 6.66. The van der Waals surface area contributed by atoms with Crippen molar-refractivity contribution in [3.05, 3.63) is 11.1 Å². The Morgan fingerprint density at radius 2 is 2.24 bits per heavy atom. The smallest absolute Gasteiger partial charge is 0.248 e. The number of nitrogens with zero attached hydrogens (tertiary/aromatic N) is 1. The van der Waals surface area contributed by atoms with Crippen LogP contribution in [-0.4, -0.2) is 35.3 Å². The molecule has 1 saturated heterocycles. The van der Waals surface area contributed by atoms with Crippen molar-refractivity contribution >= 4 is 27.7 Å². The summed E-state index contributed by atoms with van der Waals surface area (Å²) in [6.45, 7) is 6.54. The SMILES string of the molecule is C=C(Br)CN1CCC(=O)NC(C)(C2CC2)C1=O. The van der Waals surface area contributed by atoms with E-state index in [1.165, 1.54) is 0 Å². The van der Waals surface area contributed by atoms with E-state index >= 15 is 0 Å². The fourth-order valence-electron chi connectivity index (χ4n) is 2.37. The molecule has 1 saturated carbocycles. The molecule has 1 N–H and O–H groups in total. The van der Waals surface area contributed by atoms with Crippen LogP contribution in [0.15, 0.2) is 11.1 Å². The Morgan fingerprint density at radius 3 is 2.76 bits per heavy atom. The van der Waals surface area contributed by atoms with E-state index in [9.17, 15) is 9.59 Å². The van der Waals surface area contributed by atoms with E-state index in [1.807, 2.05) is 6.92 Å². The molecule has 1 aliphatic heterocycles. The molecule has 4 nitrogen and oxygen atoms in total. The highest BCUT2D eigenvalue weighted by Gasteiger charge is 2.50. The highest BCUT2D eigenvalue weighted by atomic mass is 79.9. The van der Waals surface area contributed by atoms with Crippen molar-refractivity contribution in [3.63, 3.8) is 0 Å². The summed E-state index contributed by atoms with van der Waals surface area (Å²) < 4.78 is 0.762. The van der Waals surface area contributed by atoms with Crippen LogP contribution < -0.4 is 5.32 Å². The van der Waals surface area contributed by atoms with Crippen molar-refractivity contribution in [2.24, 2.45) is 5.92 Å². The third kappa shape index (κ3) is 2.54. The van der Waals surface area contributed by atoms with Crippen LogP contribution in [0.3, 0.4) is 0 Å². The lowest BCUT2D eigenvalue weighted by Crippen LogP contribution is -2.56. The molecule has 5 heteroatoms. The highest BCUT2D eigenvalue weighted by molar-refractivity contribution is 9.11. The second kappa shape index (κ2) is 4.44. The first kappa shape index (κ1) is 12.6. The van der Waals surface area contributed by atoms with Gasteiger partial charge in [0, 0.05) is 17.4 Å². The summed E-state index contributed by atoms with van der Waals surface area (Å²) in [4.78, 5) is 25.9. The fraction of sp³-hybridized carbons (Fsp3) is 0.667. The zero-order valence-corrected chi connectivity index (χ0v) is 11.5. The Morgan fingerprint density at radius 1 is 1.59 bits per heavy atom. The Labute approximate surface area is 110 Å². The van der Waals surface area contributed by atoms with E-state index in [-0.39, 0.29) is 11.8 Å². The summed E-state index contributed by atoms with van der Waals surface area (Å²) in [5.41, 5.74) is -0.712. The van der Waals surface area contributed by atoms with Gasteiger partial charge in [0.25, 0.3) is 0 Å². The van der Waals surface area contributed by atoms with Gasteiger partial charge in [0.05, 0.1) is 6.54 Å². The minimum atomic E-state index is -0.712. The standard InChI is InChI=1S/C12H17BrN2O2/c1-8(13)7-15-6-5-10(16)14-12(2,11(15)17)9-3-4-9/h9H,1,3-7H2,2H3,(H,14,16). The minimum absolute atomic E-state index is 0.0199. The molecule has 2 rings (SSSR count). The summed E-state index contributed by atoms with van der Waals surface area (Å²) in [5, 5.41) is 2.90. The molecule has 0 aromatic carbocycles. The van der Waals surface area contributed by atoms with Crippen LogP contribution in [0, 0.1) is 5.92 Å². The van der Waals surface area contributed by atoms with E-state index < -0.39 is 5.54 Å². The normalized spacial score (nSPS) is 29.9. The molecule has 2 aliphatic rings. The molecule has 0 bridgehead atoms. The van der Waals surface area contributed by atoms with Crippen LogP contribution in [-0.2, 0) is 9.59 Å². The number of hydrogen-bond donors (Lipinski definition) is 1. The van der Waals surface area contributed by atoms with Crippen molar-refractivity contribution < 1.29 is 9.59 Å².